The molecule has 0 aliphatic heterocycles. The number of ketones is 4. The molecule has 3 aliphatic rings. The summed E-state index contributed by atoms with van der Waals surface area (Å²) in [4.78, 5) is 70.0. The molecule has 7 atom stereocenters. The third-order valence-electron chi connectivity index (χ3n) is 9.43. The summed E-state index contributed by atoms with van der Waals surface area (Å²) in [6.07, 6.45) is 0.0835. The van der Waals surface area contributed by atoms with Crippen LogP contribution in [0.1, 0.15) is 46.4 Å². The van der Waals surface area contributed by atoms with E-state index >= 15 is 0 Å². The summed E-state index contributed by atoms with van der Waals surface area (Å²) in [5.41, 5.74) is 4.56. The van der Waals surface area contributed by atoms with E-state index in [0.29, 0.717) is 22.7 Å². The van der Waals surface area contributed by atoms with Crippen LogP contribution in [0, 0.1) is 23.7 Å². The molecule has 10 nitrogen and oxygen atoms in total. The number of benzene rings is 2. The van der Waals surface area contributed by atoms with Crippen LogP contribution in [-0.2, 0) is 32.1 Å². The Bertz CT molecular complexity index is 1510. The van der Waals surface area contributed by atoms with Gasteiger partial charge in [0, 0.05) is 23.5 Å². The van der Waals surface area contributed by atoms with Gasteiger partial charge in [-0.2, -0.15) is 0 Å². The van der Waals surface area contributed by atoms with Crippen LogP contribution in [-0.4, -0.2) is 81.8 Å². The number of hydrogen-bond acceptors (Lipinski definition) is 9. The van der Waals surface area contributed by atoms with E-state index in [9.17, 15) is 34.2 Å². The predicted octanol–water partition coefficient (Wildman–Crippen LogP) is 1.71. The lowest BCUT2D eigenvalue weighted by atomic mass is 9.52. The SMILES string of the molecule is CC(c1ccccc1)N(C)Cc1cc(O)c2c(c1Cl)C[C@H]1C[C@H]3[C@H](N(C)C)C(=O)C(C(N)=O)C(=O)[C@@]3(O)C(=O)C1C2=O. The first-order valence-electron chi connectivity index (χ1n) is 13.8. The summed E-state index contributed by atoms with van der Waals surface area (Å²) >= 11 is 6.88. The lowest BCUT2D eigenvalue weighted by Gasteiger charge is -2.52. The first-order chi connectivity index (χ1) is 19.7. The lowest BCUT2D eigenvalue weighted by molar-refractivity contribution is -0.181. The molecule has 2 aromatic rings. The van der Waals surface area contributed by atoms with Crippen molar-refractivity contribution in [3.63, 3.8) is 0 Å². The molecule has 0 radical (unpaired) electrons. The minimum Gasteiger partial charge on any atom is -0.507 e. The van der Waals surface area contributed by atoms with Gasteiger partial charge in [-0.05, 0) is 69.6 Å². The summed E-state index contributed by atoms with van der Waals surface area (Å²) in [5.74, 6) is -10.9. The van der Waals surface area contributed by atoms with Crippen LogP contribution in [0.2, 0.25) is 5.02 Å². The van der Waals surface area contributed by atoms with Crippen LogP contribution in [0.5, 0.6) is 5.75 Å². The van der Waals surface area contributed by atoms with E-state index in [1.165, 1.54) is 11.0 Å². The van der Waals surface area contributed by atoms with Crippen molar-refractivity contribution in [2.45, 2.75) is 44.0 Å². The van der Waals surface area contributed by atoms with Crippen molar-refractivity contribution in [3.8, 4) is 5.75 Å². The summed E-state index contributed by atoms with van der Waals surface area (Å²) in [5, 5.41) is 23.0. The zero-order valence-corrected chi connectivity index (χ0v) is 24.6. The molecule has 5 rings (SSSR count). The van der Waals surface area contributed by atoms with Gasteiger partial charge in [0.05, 0.1) is 17.5 Å². The zero-order chi connectivity index (χ0) is 30.8. The number of primary amides is 1. The number of nitrogens with two attached hydrogens (primary N) is 1. The van der Waals surface area contributed by atoms with E-state index in [-0.39, 0.29) is 30.2 Å². The van der Waals surface area contributed by atoms with Gasteiger partial charge in [-0.3, -0.25) is 33.8 Å². The second-order valence-electron chi connectivity index (χ2n) is 12.0. The summed E-state index contributed by atoms with van der Waals surface area (Å²) in [6, 6.07) is 10.1. The Morgan fingerprint density at radius 1 is 1.12 bits per heavy atom. The normalized spacial score (nSPS) is 29.8. The Morgan fingerprint density at radius 3 is 2.36 bits per heavy atom. The highest BCUT2D eigenvalue weighted by Gasteiger charge is 2.69. The molecule has 3 aliphatic carbocycles. The van der Waals surface area contributed by atoms with Crippen molar-refractivity contribution in [3.05, 3.63) is 63.7 Å². The summed E-state index contributed by atoms with van der Waals surface area (Å²) in [6.45, 7) is 2.40. The summed E-state index contributed by atoms with van der Waals surface area (Å²) < 4.78 is 0. The Kier molecular flexibility index (Phi) is 7.64. The number of phenols is 1. The van der Waals surface area contributed by atoms with Crippen LogP contribution < -0.4 is 5.73 Å². The molecule has 0 aromatic heterocycles. The highest BCUT2D eigenvalue weighted by molar-refractivity contribution is 6.34. The van der Waals surface area contributed by atoms with Crippen LogP contribution >= 0.6 is 11.6 Å². The predicted molar refractivity (Wildman–Crippen MR) is 153 cm³/mol. The number of phenolic OH excluding ortho intramolecular Hbond substituents is 1. The van der Waals surface area contributed by atoms with Crippen molar-refractivity contribution >= 4 is 40.6 Å². The number of aromatic hydroxyl groups is 1. The number of rotatable bonds is 6. The number of hydrogen-bond donors (Lipinski definition) is 3. The highest BCUT2D eigenvalue weighted by Crippen LogP contribution is 2.52. The summed E-state index contributed by atoms with van der Waals surface area (Å²) in [7, 11) is 5.01. The molecule has 0 saturated heterocycles. The molecule has 2 fully saturated rings. The fourth-order valence-corrected chi connectivity index (χ4v) is 7.50. The van der Waals surface area contributed by atoms with E-state index in [1.54, 1.807) is 14.1 Å². The lowest BCUT2D eigenvalue weighted by Crippen LogP contribution is -2.74. The third-order valence-corrected chi connectivity index (χ3v) is 9.90. The number of likely N-dealkylation sites (N-methyl/N-ethyl adjacent to an activating group) is 1. The minimum atomic E-state index is -2.76. The standard InChI is InChI=1S/C31H34ClN3O7/c1-14(15-8-6-5-7-9-15)35(4)13-17-12-20(36)22-18(24(17)32)10-16-11-19-25(34(2)3)27(38)23(30(33)41)29(40)31(19,42)28(39)21(16)26(22)37/h5-9,12,14,16,19,21,23,25,36,42H,10-11,13H2,1-4H3,(H2,33,41)/t14?,16-,19-,21?,23?,25-,31-/m0/s1. The highest BCUT2D eigenvalue weighted by atomic mass is 35.5. The Hall–Kier alpha value is -3.44. The van der Waals surface area contributed by atoms with Gasteiger partial charge in [-0.15, -0.1) is 0 Å². The van der Waals surface area contributed by atoms with Gasteiger partial charge in [-0.1, -0.05) is 41.9 Å². The number of aliphatic hydroxyl groups is 1. The van der Waals surface area contributed by atoms with Crippen LogP contribution in [0.25, 0.3) is 0 Å². The minimum absolute atomic E-state index is 0.0219. The number of amides is 1. The molecule has 222 valence electrons. The van der Waals surface area contributed by atoms with Crippen molar-refractivity contribution in [2.24, 2.45) is 29.4 Å². The van der Waals surface area contributed by atoms with Crippen molar-refractivity contribution in [1.29, 1.82) is 0 Å². The van der Waals surface area contributed by atoms with E-state index in [2.05, 4.69) is 4.90 Å². The molecule has 42 heavy (non-hydrogen) atoms. The Labute approximate surface area is 248 Å². The van der Waals surface area contributed by atoms with Crippen molar-refractivity contribution in [1.82, 2.24) is 9.80 Å². The van der Waals surface area contributed by atoms with E-state index in [4.69, 9.17) is 17.3 Å². The molecule has 1 amide bonds. The maximum atomic E-state index is 13.9. The monoisotopic (exact) mass is 595 g/mol. The first kappa shape index (κ1) is 30.0. The van der Waals surface area contributed by atoms with E-state index in [1.807, 2.05) is 44.3 Å². The number of fused-ring (bicyclic) bond motifs is 3. The van der Waals surface area contributed by atoms with Crippen LogP contribution in [0.4, 0.5) is 0 Å². The Balaban J connectivity index is 1.53. The van der Waals surface area contributed by atoms with Crippen molar-refractivity contribution in [2.75, 3.05) is 21.1 Å². The topological polar surface area (TPSA) is 158 Å². The largest absolute Gasteiger partial charge is 0.507 e. The van der Waals surface area contributed by atoms with E-state index < -0.39 is 64.4 Å². The third kappa shape index (κ3) is 4.40. The number of carbonyl (C=O) groups is 5. The molecule has 2 aromatic carbocycles. The molecule has 0 spiro atoms. The van der Waals surface area contributed by atoms with Gasteiger partial charge in [-0.25, -0.2) is 0 Å². The molecule has 3 unspecified atom stereocenters. The van der Waals surface area contributed by atoms with Gasteiger partial charge < -0.3 is 15.9 Å². The van der Waals surface area contributed by atoms with Crippen LogP contribution in [0.3, 0.4) is 0 Å². The quantitative estimate of drug-likeness (QED) is 0.423. The Morgan fingerprint density at radius 2 is 1.76 bits per heavy atom. The first-order valence-corrected chi connectivity index (χ1v) is 14.2. The number of carbonyl (C=O) groups excluding carboxylic acids is 5. The fourth-order valence-electron chi connectivity index (χ4n) is 7.21. The molecular formula is C31H34ClN3O7. The van der Waals surface area contributed by atoms with Crippen LogP contribution in [0.15, 0.2) is 36.4 Å². The van der Waals surface area contributed by atoms with Gasteiger partial charge in [0.1, 0.15) is 5.75 Å². The molecule has 11 heteroatoms. The molecule has 0 heterocycles. The van der Waals surface area contributed by atoms with Gasteiger partial charge in [0.15, 0.2) is 34.7 Å². The van der Waals surface area contributed by atoms with E-state index in [0.717, 1.165) is 5.56 Å². The number of nitrogens with zero attached hydrogens (tertiary/aromatic N) is 2. The average molecular weight is 596 g/mol. The number of Topliss-reactive ketones (excluding diaryl/α,β-unsaturated/α-hetero) is 4. The second-order valence-corrected chi connectivity index (χ2v) is 12.4. The molecule has 4 N–H and O–H groups in total. The number of halogens is 1. The van der Waals surface area contributed by atoms with Crippen molar-refractivity contribution < 1.29 is 34.2 Å². The molecular weight excluding hydrogens is 562 g/mol. The second kappa shape index (κ2) is 10.7. The van der Waals surface area contributed by atoms with Gasteiger partial charge in [0.2, 0.25) is 5.91 Å². The maximum Gasteiger partial charge on any atom is 0.235 e. The maximum absolute atomic E-state index is 13.9. The molecule has 2 saturated carbocycles. The smallest absolute Gasteiger partial charge is 0.235 e. The van der Waals surface area contributed by atoms with Gasteiger partial charge in [0.25, 0.3) is 0 Å². The zero-order valence-electron chi connectivity index (χ0n) is 23.8. The molecule has 0 bridgehead atoms. The fraction of sp³-hybridized carbons (Fsp3) is 0.452. The average Bonchev–Trinajstić information content (AvgIpc) is 2.93. The van der Waals surface area contributed by atoms with Gasteiger partial charge >= 0.3 is 0 Å².